The van der Waals surface area contributed by atoms with E-state index in [1.54, 1.807) is 11.6 Å². The summed E-state index contributed by atoms with van der Waals surface area (Å²) in [6.45, 7) is 8.18. The number of nitrogens with zero attached hydrogens (tertiary/aromatic N) is 4. The lowest BCUT2D eigenvalue weighted by Gasteiger charge is -2.14. The van der Waals surface area contributed by atoms with E-state index in [9.17, 15) is 9.59 Å². The highest BCUT2D eigenvalue weighted by Crippen LogP contribution is 2.21. The maximum Gasteiger partial charge on any atom is 0.348 e. The Morgan fingerprint density at radius 1 is 1.04 bits per heavy atom. The summed E-state index contributed by atoms with van der Waals surface area (Å²) in [5.41, 5.74) is 4.52. The second kappa shape index (κ2) is 8.08. The van der Waals surface area contributed by atoms with E-state index in [0.717, 1.165) is 22.8 Å². The van der Waals surface area contributed by atoms with Crippen molar-refractivity contribution in [3.63, 3.8) is 0 Å². The molecule has 0 bridgehead atoms. The molecule has 0 radical (unpaired) electrons. The van der Waals surface area contributed by atoms with Gasteiger partial charge < -0.3 is 10.6 Å². The highest BCUT2D eigenvalue weighted by atomic mass is 16.2. The SMILES string of the molecule is Cc1cc(C)n(CCNC(=O)Nc2ccccc2-n2nc(C)cc2C)c(=O)n1. The first kappa shape index (κ1) is 19.3. The van der Waals surface area contributed by atoms with E-state index in [0.29, 0.717) is 24.5 Å². The Labute approximate surface area is 163 Å². The first-order valence-corrected chi connectivity index (χ1v) is 9.08. The van der Waals surface area contributed by atoms with Crippen LogP contribution < -0.4 is 16.3 Å². The second-order valence-electron chi connectivity index (χ2n) is 6.71. The van der Waals surface area contributed by atoms with Crippen molar-refractivity contribution in [1.82, 2.24) is 24.6 Å². The van der Waals surface area contributed by atoms with E-state index in [4.69, 9.17) is 0 Å². The summed E-state index contributed by atoms with van der Waals surface area (Å²) >= 11 is 0. The Morgan fingerprint density at radius 3 is 2.43 bits per heavy atom. The van der Waals surface area contributed by atoms with Gasteiger partial charge in [0, 0.05) is 30.2 Å². The summed E-state index contributed by atoms with van der Waals surface area (Å²) in [6, 6.07) is 10.9. The molecule has 8 nitrogen and oxygen atoms in total. The van der Waals surface area contributed by atoms with Crippen LogP contribution in [0.1, 0.15) is 22.8 Å². The van der Waals surface area contributed by atoms with Crippen molar-refractivity contribution in [2.24, 2.45) is 0 Å². The maximum atomic E-state index is 12.3. The topological polar surface area (TPSA) is 93.8 Å². The van der Waals surface area contributed by atoms with E-state index in [1.807, 2.05) is 57.2 Å². The van der Waals surface area contributed by atoms with Crippen LogP contribution in [0.5, 0.6) is 0 Å². The van der Waals surface area contributed by atoms with Gasteiger partial charge in [-0.2, -0.15) is 10.1 Å². The lowest BCUT2D eigenvalue weighted by molar-refractivity contribution is 0.251. The van der Waals surface area contributed by atoms with Gasteiger partial charge in [-0.3, -0.25) is 4.57 Å². The summed E-state index contributed by atoms with van der Waals surface area (Å²) in [4.78, 5) is 28.2. The molecular weight excluding hydrogens is 356 g/mol. The predicted octanol–water partition coefficient (Wildman–Crippen LogP) is 2.48. The first-order valence-electron chi connectivity index (χ1n) is 9.08. The average molecular weight is 380 g/mol. The van der Waals surface area contributed by atoms with Gasteiger partial charge >= 0.3 is 11.7 Å². The number of aryl methyl sites for hydroxylation is 4. The molecule has 0 unspecified atom stereocenters. The van der Waals surface area contributed by atoms with E-state index in [-0.39, 0.29) is 11.7 Å². The number of carbonyl (C=O) groups excluding carboxylic acids is 1. The van der Waals surface area contributed by atoms with Crippen LogP contribution in [0.25, 0.3) is 5.69 Å². The number of benzene rings is 1. The van der Waals surface area contributed by atoms with Gasteiger partial charge in [0.05, 0.1) is 17.1 Å². The van der Waals surface area contributed by atoms with Gasteiger partial charge in [0.15, 0.2) is 0 Å². The standard InChI is InChI=1S/C20H24N6O2/c1-13-11-15(3)25(20(28)22-13)10-9-21-19(27)23-17-7-5-6-8-18(17)26-16(4)12-14(2)24-26/h5-8,11-12H,9-10H2,1-4H3,(H2,21,23,27). The Balaban J connectivity index is 1.67. The van der Waals surface area contributed by atoms with Crippen molar-refractivity contribution in [2.75, 3.05) is 11.9 Å². The minimum Gasteiger partial charge on any atom is -0.336 e. The number of urea groups is 1. The van der Waals surface area contributed by atoms with Crippen molar-refractivity contribution in [3.05, 3.63) is 69.7 Å². The molecule has 2 heterocycles. The fourth-order valence-electron chi connectivity index (χ4n) is 3.13. The molecule has 2 amide bonds. The Bertz CT molecular complexity index is 1070. The van der Waals surface area contributed by atoms with Crippen LogP contribution in [0.4, 0.5) is 10.5 Å². The molecule has 0 saturated carbocycles. The molecule has 146 valence electrons. The van der Waals surface area contributed by atoms with Crippen LogP contribution in [0, 0.1) is 27.7 Å². The van der Waals surface area contributed by atoms with Crippen LogP contribution in [0.3, 0.4) is 0 Å². The molecule has 1 aromatic carbocycles. The maximum absolute atomic E-state index is 12.3. The lowest BCUT2D eigenvalue weighted by atomic mass is 10.2. The number of hydrogen-bond donors (Lipinski definition) is 2. The Kier molecular flexibility index (Phi) is 5.58. The van der Waals surface area contributed by atoms with Crippen molar-refractivity contribution in [3.8, 4) is 5.69 Å². The molecule has 0 spiro atoms. The number of carbonyl (C=O) groups is 1. The number of hydrogen-bond acceptors (Lipinski definition) is 4. The zero-order valence-corrected chi connectivity index (χ0v) is 16.5. The molecule has 0 fully saturated rings. The highest BCUT2D eigenvalue weighted by Gasteiger charge is 2.11. The number of rotatable bonds is 5. The van der Waals surface area contributed by atoms with Crippen molar-refractivity contribution >= 4 is 11.7 Å². The van der Waals surface area contributed by atoms with E-state index >= 15 is 0 Å². The molecule has 28 heavy (non-hydrogen) atoms. The van der Waals surface area contributed by atoms with Crippen molar-refractivity contribution < 1.29 is 4.79 Å². The third-order valence-electron chi connectivity index (χ3n) is 4.36. The van der Waals surface area contributed by atoms with E-state index < -0.39 is 0 Å². The molecule has 0 aliphatic rings. The fourth-order valence-corrected chi connectivity index (χ4v) is 3.13. The van der Waals surface area contributed by atoms with Gasteiger partial charge in [0.2, 0.25) is 0 Å². The molecule has 0 atom stereocenters. The molecule has 8 heteroatoms. The summed E-state index contributed by atoms with van der Waals surface area (Å²) in [5, 5.41) is 10.1. The van der Waals surface area contributed by atoms with Crippen LogP contribution in [-0.4, -0.2) is 31.9 Å². The zero-order chi connectivity index (χ0) is 20.3. The smallest absolute Gasteiger partial charge is 0.336 e. The average Bonchev–Trinajstić information content (AvgIpc) is 2.96. The molecule has 3 rings (SSSR count). The number of para-hydroxylation sites is 2. The van der Waals surface area contributed by atoms with Gasteiger partial charge in [-0.05, 0) is 52.0 Å². The van der Waals surface area contributed by atoms with E-state index in [1.165, 1.54) is 4.57 Å². The lowest BCUT2D eigenvalue weighted by Crippen LogP contribution is -2.35. The fraction of sp³-hybridized carbons (Fsp3) is 0.300. The molecule has 2 N–H and O–H groups in total. The minimum absolute atomic E-state index is 0.305. The Morgan fingerprint density at radius 2 is 1.75 bits per heavy atom. The highest BCUT2D eigenvalue weighted by molar-refractivity contribution is 5.91. The molecule has 0 aliphatic carbocycles. The minimum atomic E-state index is -0.347. The summed E-state index contributed by atoms with van der Waals surface area (Å²) in [6.07, 6.45) is 0. The normalized spacial score (nSPS) is 10.7. The summed E-state index contributed by atoms with van der Waals surface area (Å²) in [7, 11) is 0. The summed E-state index contributed by atoms with van der Waals surface area (Å²) < 4.78 is 3.34. The number of aromatic nitrogens is 4. The third-order valence-corrected chi connectivity index (χ3v) is 4.36. The van der Waals surface area contributed by atoms with Gasteiger partial charge in [-0.15, -0.1) is 0 Å². The molecule has 0 aliphatic heterocycles. The molecule has 3 aromatic rings. The quantitative estimate of drug-likeness (QED) is 0.711. The second-order valence-corrected chi connectivity index (χ2v) is 6.71. The van der Waals surface area contributed by atoms with Gasteiger partial charge in [0.25, 0.3) is 0 Å². The molecule has 0 saturated heterocycles. The van der Waals surface area contributed by atoms with Gasteiger partial charge in [-0.1, -0.05) is 12.1 Å². The number of nitrogens with one attached hydrogen (secondary N) is 2. The van der Waals surface area contributed by atoms with Gasteiger partial charge in [-0.25, -0.2) is 14.3 Å². The van der Waals surface area contributed by atoms with Crippen LogP contribution >= 0.6 is 0 Å². The monoisotopic (exact) mass is 380 g/mol. The molecule has 2 aromatic heterocycles. The van der Waals surface area contributed by atoms with Crippen LogP contribution in [0.2, 0.25) is 0 Å². The summed E-state index contributed by atoms with van der Waals surface area (Å²) in [5.74, 6) is 0. The molecular formula is C20H24N6O2. The number of amides is 2. The van der Waals surface area contributed by atoms with Crippen molar-refractivity contribution in [2.45, 2.75) is 34.2 Å². The largest absolute Gasteiger partial charge is 0.348 e. The number of anilines is 1. The zero-order valence-electron chi connectivity index (χ0n) is 16.5. The van der Waals surface area contributed by atoms with Crippen molar-refractivity contribution in [1.29, 1.82) is 0 Å². The van der Waals surface area contributed by atoms with Gasteiger partial charge in [0.1, 0.15) is 0 Å². The Hall–Kier alpha value is -3.42. The third kappa shape index (κ3) is 4.28. The van der Waals surface area contributed by atoms with E-state index in [2.05, 4.69) is 20.7 Å². The predicted molar refractivity (Wildman–Crippen MR) is 108 cm³/mol. The van der Waals surface area contributed by atoms with Crippen LogP contribution in [0.15, 0.2) is 41.2 Å². The first-order chi connectivity index (χ1) is 13.3. The van der Waals surface area contributed by atoms with Crippen LogP contribution in [-0.2, 0) is 6.54 Å².